The molecular formula is C11H15N3. The second kappa shape index (κ2) is 3.83. The molecule has 1 saturated carbocycles. The minimum atomic E-state index is 0.145. The first kappa shape index (κ1) is 9.26. The number of hydrogen-bond acceptors (Lipinski definition) is 2. The third-order valence-corrected chi connectivity index (χ3v) is 3.11. The molecule has 74 valence electrons. The fourth-order valence-corrected chi connectivity index (χ4v) is 2.27. The molecule has 3 heteroatoms. The summed E-state index contributed by atoms with van der Waals surface area (Å²) in [5, 5.41) is 13.3. The van der Waals surface area contributed by atoms with E-state index in [0.29, 0.717) is 12.0 Å². The van der Waals surface area contributed by atoms with Gasteiger partial charge < -0.3 is 0 Å². The van der Waals surface area contributed by atoms with Gasteiger partial charge in [0, 0.05) is 12.4 Å². The number of hydrogen-bond donors (Lipinski definition) is 0. The molecule has 3 atom stereocenters. The van der Waals surface area contributed by atoms with Crippen LogP contribution >= 0.6 is 0 Å². The lowest BCUT2D eigenvalue weighted by molar-refractivity contribution is 0.218. The van der Waals surface area contributed by atoms with E-state index in [1.165, 1.54) is 6.42 Å². The minimum absolute atomic E-state index is 0.145. The average Bonchev–Trinajstić information content (AvgIpc) is 2.70. The lowest BCUT2D eigenvalue weighted by atomic mass is 9.80. The van der Waals surface area contributed by atoms with E-state index >= 15 is 0 Å². The molecule has 1 aliphatic rings. The molecule has 3 unspecified atom stereocenters. The number of rotatable bonds is 1. The Labute approximate surface area is 84.3 Å². The van der Waals surface area contributed by atoms with Gasteiger partial charge in [0.15, 0.2) is 0 Å². The Morgan fingerprint density at radius 3 is 3.00 bits per heavy atom. The summed E-state index contributed by atoms with van der Waals surface area (Å²) in [5.74, 6) is 0.861. The van der Waals surface area contributed by atoms with E-state index in [2.05, 4.69) is 18.1 Å². The summed E-state index contributed by atoms with van der Waals surface area (Å²) in [7, 11) is 0. The fourth-order valence-electron chi connectivity index (χ4n) is 2.27. The molecule has 1 aromatic heterocycles. The summed E-state index contributed by atoms with van der Waals surface area (Å²) in [5.41, 5.74) is 0. The Balaban J connectivity index is 2.18. The molecular weight excluding hydrogens is 174 g/mol. The van der Waals surface area contributed by atoms with Gasteiger partial charge in [-0.25, -0.2) is 0 Å². The zero-order valence-electron chi connectivity index (χ0n) is 8.43. The van der Waals surface area contributed by atoms with Crippen LogP contribution in [0.25, 0.3) is 0 Å². The van der Waals surface area contributed by atoms with Crippen LogP contribution < -0.4 is 0 Å². The van der Waals surface area contributed by atoms with Gasteiger partial charge in [0.25, 0.3) is 0 Å². The van der Waals surface area contributed by atoms with E-state index in [1.807, 2.05) is 16.9 Å². The molecule has 0 spiro atoms. The van der Waals surface area contributed by atoms with Crippen LogP contribution in [0.5, 0.6) is 0 Å². The summed E-state index contributed by atoms with van der Waals surface area (Å²) in [4.78, 5) is 0. The molecule has 0 aromatic carbocycles. The number of nitrogens with zero attached hydrogens (tertiary/aromatic N) is 3. The number of nitriles is 1. The van der Waals surface area contributed by atoms with Gasteiger partial charge in [-0.05, 0) is 31.2 Å². The monoisotopic (exact) mass is 189 g/mol. The SMILES string of the molecule is CC1CCC(C#N)C(n2cccn2)C1. The van der Waals surface area contributed by atoms with Crippen LogP contribution in [0.3, 0.4) is 0 Å². The highest BCUT2D eigenvalue weighted by Gasteiger charge is 2.29. The largest absolute Gasteiger partial charge is 0.268 e. The van der Waals surface area contributed by atoms with E-state index in [4.69, 9.17) is 5.26 Å². The minimum Gasteiger partial charge on any atom is -0.268 e. The third-order valence-electron chi connectivity index (χ3n) is 3.11. The molecule has 0 aliphatic heterocycles. The molecule has 1 fully saturated rings. The second-order valence-corrected chi connectivity index (χ2v) is 4.21. The van der Waals surface area contributed by atoms with Crippen molar-refractivity contribution in [1.82, 2.24) is 9.78 Å². The Morgan fingerprint density at radius 2 is 2.36 bits per heavy atom. The summed E-state index contributed by atoms with van der Waals surface area (Å²) in [6.45, 7) is 2.25. The van der Waals surface area contributed by atoms with Crippen molar-refractivity contribution in [3.63, 3.8) is 0 Å². The van der Waals surface area contributed by atoms with Crippen molar-refractivity contribution < 1.29 is 0 Å². The Bertz CT molecular complexity index is 323. The fraction of sp³-hybridized carbons (Fsp3) is 0.636. The standard InChI is InChI=1S/C11H15N3/c1-9-3-4-10(8-12)11(7-9)14-6-2-5-13-14/h2,5-6,9-11H,3-4,7H2,1H3. The smallest absolute Gasteiger partial charge is 0.0688 e. The quantitative estimate of drug-likeness (QED) is 0.680. The first-order chi connectivity index (χ1) is 6.81. The molecule has 3 nitrogen and oxygen atoms in total. The molecule has 0 radical (unpaired) electrons. The van der Waals surface area contributed by atoms with E-state index < -0.39 is 0 Å². The summed E-state index contributed by atoms with van der Waals surface area (Å²) in [6.07, 6.45) is 7.03. The van der Waals surface area contributed by atoms with Gasteiger partial charge in [0.1, 0.15) is 0 Å². The van der Waals surface area contributed by atoms with Crippen LogP contribution in [-0.4, -0.2) is 9.78 Å². The number of aromatic nitrogens is 2. The van der Waals surface area contributed by atoms with Crippen LogP contribution in [0, 0.1) is 23.2 Å². The van der Waals surface area contributed by atoms with Gasteiger partial charge in [-0.1, -0.05) is 6.92 Å². The molecule has 14 heavy (non-hydrogen) atoms. The molecule has 1 aliphatic carbocycles. The maximum absolute atomic E-state index is 9.06. The van der Waals surface area contributed by atoms with Crippen molar-refractivity contribution >= 4 is 0 Å². The highest BCUT2D eigenvalue weighted by atomic mass is 15.3. The highest BCUT2D eigenvalue weighted by molar-refractivity contribution is 4.96. The van der Waals surface area contributed by atoms with E-state index in [-0.39, 0.29) is 5.92 Å². The first-order valence-electron chi connectivity index (χ1n) is 5.20. The van der Waals surface area contributed by atoms with Crippen LogP contribution in [0.15, 0.2) is 18.5 Å². The predicted molar refractivity (Wildman–Crippen MR) is 53.4 cm³/mol. The normalized spacial score (nSPS) is 32.4. The lowest BCUT2D eigenvalue weighted by Crippen LogP contribution is -2.26. The van der Waals surface area contributed by atoms with Crippen molar-refractivity contribution in [3.05, 3.63) is 18.5 Å². The average molecular weight is 189 g/mol. The van der Waals surface area contributed by atoms with Crippen LogP contribution in [-0.2, 0) is 0 Å². The van der Waals surface area contributed by atoms with Crippen LogP contribution in [0.1, 0.15) is 32.2 Å². The Hall–Kier alpha value is -1.30. The van der Waals surface area contributed by atoms with Gasteiger partial charge >= 0.3 is 0 Å². The third kappa shape index (κ3) is 1.65. The van der Waals surface area contributed by atoms with Crippen molar-refractivity contribution in [1.29, 1.82) is 5.26 Å². The molecule has 0 amide bonds. The van der Waals surface area contributed by atoms with Crippen molar-refractivity contribution in [2.45, 2.75) is 32.2 Å². The van der Waals surface area contributed by atoms with Gasteiger partial charge in [-0.15, -0.1) is 0 Å². The van der Waals surface area contributed by atoms with Gasteiger partial charge in [-0.3, -0.25) is 4.68 Å². The maximum atomic E-state index is 9.06. The van der Waals surface area contributed by atoms with E-state index in [9.17, 15) is 0 Å². The van der Waals surface area contributed by atoms with Crippen molar-refractivity contribution in [3.8, 4) is 6.07 Å². The molecule has 0 bridgehead atoms. The maximum Gasteiger partial charge on any atom is 0.0688 e. The molecule has 1 aromatic rings. The Morgan fingerprint density at radius 1 is 1.50 bits per heavy atom. The molecule has 0 N–H and O–H groups in total. The summed E-state index contributed by atoms with van der Waals surface area (Å²) >= 11 is 0. The highest BCUT2D eigenvalue weighted by Crippen LogP contribution is 2.36. The predicted octanol–water partition coefficient (Wildman–Crippen LogP) is 2.38. The summed E-state index contributed by atoms with van der Waals surface area (Å²) < 4.78 is 1.95. The van der Waals surface area contributed by atoms with E-state index in [1.54, 1.807) is 6.20 Å². The van der Waals surface area contributed by atoms with Gasteiger partial charge in [0.2, 0.25) is 0 Å². The van der Waals surface area contributed by atoms with Gasteiger partial charge in [-0.2, -0.15) is 10.4 Å². The molecule has 2 rings (SSSR count). The zero-order chi connectivity index (χ0) is 9.97. The first-order valence-corrected chi connectivity index (χ1v) is 5.20. The molecule has 1 heterocycles. The van der Waals surface area contributed by atoms with Crippen LogP contribution in [0.2, 0.25) is 0 Å². The van der Waals surface area contributed by atoms with Crippen molar-refractivity contribution in [2.24, 2.45) is 11.8 Å². The lowest BCUT2D eigenvalue weighted by Gasteiger charge is -2.30. The van der Waals surface area contributed by atoms with Gasteiger partial charge in [0.05, 0.1) is 18.0 Å². The zero-order valence-corrected chi connectivity index (χ0v) is 8.43. The molecule has 0 saturated heterocycles. The topological polar surface area (TPSA) is 41.6 Å². The van der Waals surface area contributed by atoms with Crippen molar-refractivity contribution in [2.75, 3.05) is 0 Å². The van der Waals surface area contributed by atoms with E-state index in [0.717, 1.165) is 12.8 Å². The van der Waals surface area contributed by atoms with Crippen LogP contribution in [0.4, 0.5) is 0 Å². The summed E-state index contributed by atoms with van der Waals surface area (Å²) in [6, 6.07) is 4.62. The second-order valence-electron chi connectivity index (χ2n) is 4.21. The Kier molecular flexibility index (Phi) is 2.53.